The van der Waals surface area contributed by atoms with E-state index >= 15 is 0 Å². The quantitative estimate of drug-likeness (QED) is 0.849. The van der Waals surface area contributed by atoms with Gasteiger partial charge in [0.15, 0.2) is 0 Å². The number of nitrogens with zero attached hydrogens (tertiary/aromatic N) is 1. The molecule has 1 rings (SSSR count). The third-order valence-electron chi connectivity index (χ3n) is 2.26. The Morgan fingerprint density at radius 3 is 2.75 bits per heavy atom. The van der Waals surface area contributed by atoms with Gasteiger partial charge in [0, 0.05) is 17.8 Å². The van der Waals surface area contributed by atoms with Gasteiger partial charge in [-0.15, -0.1) is 11.3 Å². The lowest BCUT2D eigenvalue weighted by Gasteiger charge is -2.19. The zero-order chi connectivity index (χ0) is 12.1. The van der Waals surface area contributed by atoms with Gasteiger partial charge in [-0.1, -0.05) is 13.0 Å². The molecule has 1 N–H and O–H groups in total. The summed E-state index contributed by atoms with van der Waals surface area (Å²) in [6.45, 7) is 1.58. The van der Waals surface area contributed by atoms with E-state index in [4.69, 9.17) is 5.11 Å². The van der Waals surface area contributed by atoms with E-state index in [2.05, 4.69) is 0 Å². The van der Waals surface area contributed by atoms with Gasteiger partial charge in [-0.05, 0) is 17.9 Å². The molecule has 88 valence electrons. The summed E-state index contributed by atoms with van der Waals surface area (Å²) in [7, 11) is 1.52. The van der Waals surface area contributed by atoms with Crippen LogP contribution in [-0.2, 0) is 16.0 Å². The topological polar surface area (TPSA) is 57.6 Å². The Bertz CT molecular complexity index is 361. The van der Waals surface area contributed by atoms with Gasteiger partial charge in [0.05, 0.1) is 0 Å². The van der Waals surface area contributed by atoms with Gasteiger partial charge in [-0.25, -0.2) is 0 Å². The zero-order valence-corrected chi connectivity index (χ0v) is 10.2. The Morgan fingerprint density at radius 2 is 2.25 bits per heavy atom. The Labute approximate surface area is 98.5 Å². The molecule has 0 aliphatic carbocycles. The maximum Gasteiger partial charge on any atom is 0.323 e. The average Bonchev–Trinajstić information content (AvgIpc) is 2.68. The highest BCUT2D eigenvalue weighted by Crippen LogP contribution is 2.15. The van der Waals surface area contributed by atoms with Crippen molar-refractivity contribution in [1.29, 1.82) is 0 Å². The van der Waals surface area contributed by atoms with Crippen molar-refractivity contribution in [2.75, 3.05) is 13.6 Å². The Kier molecular flexibility index (Phi) is 4.49. The van der Waals surface area contributed by atoms with Gasteiger partial charge < -0.3 is 10.0 Å². The molecule has 0 spiro atoms. The third kappa shape index (κ3) is 3.66. The van der Waals surface area contributed by atoms with E-state index in [0.29, 0.717) is 6.42 Å². The summed E-state index contributed by atoms with van der Waals surface area (Å²) in [5.41, 5.74) is 0. The number of hydrogen-bond acceptors (Lipinski definition) is 3. The van der Waals surface area contributed by atoms with E-state index in [1.165, 1.54) is 11.9 Å². The highest BCUT2D eigenvalue weighted by atomic mass is 32.1. The number of carbonyl (C=O) groups is 2. The molecule has 0 bridgehead atoms. The fourth-order valence-electron chi connectivity index (χ4n) is 1.47. The minimum absolute atomic E-state index is 0.129. The monoisotopic (exact) mass is 241 g/mol. The van der Waals surface area contributed by atoms with E-state index in [0.717, 1.165) is 4.88 Å². The number of aliphatic carboxylic acids is 1. The Hall–Kier alpha value is -1.36. The minimum Gasteiger partial charge on any atom is -0.480 e. The van der Waals surface area contributed by atoms with Crippen molar-refractivity contribution < 1.29 is 14.7 Å². The highest BCUT2D eigenvalue weighted by Gasteiger charge is 2.19. The molecule has 1 heterocycles. The molecular formula is C11H15NO3S. The van der Waals surface area contributed by atoms with Crippen LogP contribution >= 0.6 is 11.3 Å². The lowest BCUT2D eigenvalue weighted by Crippen LogP contribution is -2.36. The Morgan fingerprint density at radius 1 is 1.56 bits per heavy atom. The molecule has 0 aliphatic heterocycles. The first-order valence-corrected chi connectivity index (χ1v) is 5.88. The lowest BCUT2D eigenvalue weighted by molar-refractivity contribution is -0.144. The van der Waals surface area contributed by atoms with E-state index in [1.807, 2.05) is 24.4 Å². The van der Waals surface area contributed by atoms with Crippen molar-refractivity contribution in [3.8, 4) is 0 Å². The van der Waals surface area contributed by atoms with Crippen molar-refractivity contribution in [2.45, 2.75) is 13.3 Å². The molecule has 1 amide bonds. The van der Waals surface area contributed by atoms with Gasteiger partial charge >= 0.3 is 5.97 Å². The molecule has 1 atom stereocenters. The molecule has 5 heteroatoms. The van der Waals surface area contributed by atoms with Crippen LogP contribution < -0.4 is 0 Å². The molecule has 0 aromatic carbocycles. The molecule has 0 aliphatic rings. The van der Waals surface area contributed by atoms with Crippen LogP contribution in [0.2, 0.25) is 0 Å². The van der Waals surface area contributed by atoms with Gasteiger partial charge in [-0.2, -0.15) is 0 Å². The number of hydrogen-bond donors (Lipinski definition) is 1. The van der Waals surface area contributed by atoms with Crippen molar-refractivity contribution >= 4 is 23.2 Å². The summed E-state index contributed by atoms with van der Waals surface area (Å²) in [5, 5.41) is 10.5. The van der Waals surface area contributed by atoms with Crippen LogP contribution in [0.3, 0.4) is 0 Å². The molecule has 0 saturated carbocycles. The van der Waals surface area contributed by atoms with Crippen LogP contribution in [0.25, 0.3) is 0 Å². The number of thiophene rings is 1. The number of carbonyl (C=O) groups excluding carboxylic acids is 1. The summed E-state index contributed by atoms with van der Waals surface area (Å²) in [5.74, 6) is -1.29. The molecule has 1 unspecified atom stereocenters. The lowest BCUT2D eigenvalue weighted by atomic mass is 10.1. The minimum atomic E-state index is -0.987. The predicted octanol–water partition coefficient (Wildman–Crippen LogP) is 1.47. The van der Waals surface area contributed by atoms with Gasteiger partial charge in [0.2, 0.25) is 5.91 Å². The second-order valence-electron chi connectivity index (χ2n) is 3.77. The van der Waals surface area contributed by atoms with E-state index in [1.54, 1.807) is 11.3 Å². The molecule has 16 heavy (non-hydrogen) atoms. The number of carboxylic acids is 1. The fourth-order valence-corrected chi connectivity index (χ4v) is 2.31. The summed E-state index contributed by atoms with van der Waals surface area (Å²) >= 11 is 1.61. The van der Waals surface area contributed by atoms with Crippen LogP contribution in [-0.4, -0.2) is 35.5 Å². The van der Waals surface area contributed by atoms with Crippen molar-refractivity contribution in [1.82, 2.24) is 4.90 Å². The smallest absolute Gasteiger partial charge is 0.323 e. The van der Waals surface area contributed by atoms with E-state index in [9.17, 15) is 9.59 Å². The van der Waals surface area contributed by atoms with Crippen LogP contribution in [0.1, 0.15) is 11.8 Å². The second-order valence-corrected chi connectivity index (χ2v) is 4.80. The average molecular weight is 241 g/mol. The molecule has 1 aromatic heterocycles. The molecule has 4 nitrogen and oxygen atoms in total. The number of rotatable bonds is 5. The Balaban J connectivity index is 2.50. The fraction of sp³-hybridized carbons (Fsp3) is 0.455. The molecule has 0 fully saturated rings. The maximum atomic E-state index is 11.8. The predicted molar refractivity (Wildman–Crippen MR) is 62.5 cm³/mol. The molecule has 0 radical (unpaired) electrons. The standard InChI is InChI=1S/C11H15NO3S/c1-8(6-9-4-3-5-16-9)11(15)12(2)7-10(13)14/h3-5,8H,6-7H2,1-2H3,(H,13,14). The van der Waals surface area contributed by atoms with Gasteiger partial charge in [-0.3, -0.25) is 9.59 Å². The molecule has 1 aromatic rings. The molecule has 0 saturated heterocycles. The summed E-state index contributed by atoms with van der Waals surface area (Å²) in [6.07, 6.45) is 0.667. The number of carboxylic acid groups (broad SMARTS) is 1. The summed E-state index contributed by atoms with van der Waals surface area (Å²) in [4.78, 5) is 24.6. The SMILES string of the molecule is CC(Cc1cccs1)C(=O)N(C)CC(=O)O. The van der Waals surface area contributed by atoms with Gasteiger partial charge in [0.1, 0.15) is 6.54 Å². The van der Waals surface area contributed by atoms with Crippen LogP contribution in [0.5, 0.6) is 0 Å². The summed E-state index contributed by atoms with van der Waals surface area (Å²) < 4.78 is 0. The largest absolute Gasteiger partial charge is 0.480 e. The third-order valence-corrected chi connectivity index (χ3v) is 3.16. The zero-order valence-electron chi connectivity index (χ0n) is 9.34. The number of likely N-dealkylation sites (N-methyl/N-ethyl adjacent to an activating group) is 1. The van der Waals surface area contributed by atoms with E-state index < -0.39 is 5.97 Å². The van der Waals surface area contributed by atoms with Crippen molar-refractivity contribution in [2.24, 2.45) is 5.92 Å². The highest BCUT2D eigenvalue weighted by molar-refractivity contribution is 7.09. The van der Waals surface area contributed by atoms with Crippen LogP contribution in [0.15, 0.2) is 17.5 Å². The normalized spacial score (nSPS) is 12.1. The molecular weight excluding hydrogens is 226 g/mol. The second kappa shape index (κ2) is 5.65. The first-order chi connectivity index (χ1) is 7.50. The van der Waals surface area contributed by atoms with Crippen molar-refractivity contribution in [3.05, 3.63) is 22.4 Å². The van der Waals surface area contributed by atoms with Gasteiger partial charge in [0.25, 0.3) is 0 Å². The van der Waals surface area contributed by atoms with Crippen LogP contribution in [0, 0.1) is 5.92 Å². The van der Waals surface area contributed by atoms with E-state index in [-0.39, 0.29) is 18.4 Å². The van der Waals surface area contributed by atoms with Crippen LogP contribution in [0.4, 0.5) is 0 Å². The first-order valence-electron chi connectivity index (χ1n) is 5.00. The van der Waals surface area contributed by atoms with Crippen molar-refractivity contribution in [3.63, 3.8) is 0 Å². The number of amides is 1. The summed E-state index contributed by atoms with van der Waals surface area (Å²) in [6, 6.07) is 3.92. The first kappa shape index (κ1) is 12.7. The maximum absolute atomic E-state index is 11.8.